The van der Waals surface area contributed by atoms with Crippen LogP contribution >= 0.6 is 0 Å². The maximum absolute atomic E-state index is 12.3. The minimum Gasteiger partial charge on any atom is -0.338 e. The van der Waals surface area contributed by atoms with Gasteiger partial charge in [0.05, 0.1) is 0 Å². The van der Waals surface area contributed by atoms with E-state index in [1.165, 1.54) is 28.0 Å². The van der Waals surface area contributed by atoms with Gasteiger partial charge in [0.1, 0.15) is 12.1 Å². The summed E-state index contributed by atoms with van der Waals surface area (Å²) in [6.07, 6.45) is -2.80. The molecule has 1 amide bonds. The lowest BCUT2D eigenvalue weighted by Gasteiger charge is -2.32. The third-order valence-corrected chi connectivity index (χ3v) is 4.78. The van der Waals surface area contributed by atoms with Crippen molar-refractivity contribution in [2.45, 2.75) is 25.1 Å². The minimum atomic E-state index is -4.65. The van der Waals surface area contributed by atoms with Gasteiger partial charge in [0.2, 0.25) is 0 Å². The van der Waals surface area contributed by atoms with E-state index in [4.69, 9.17) is 0 Å². The van der Waals surface area contributed by atoms with Crippen LogP contribution in [0.4, 0.5) is 13.2 Å². The number of nitrogens with zero attached hydrogens (tertiary/aromatic N) is 1. The molecule has 25 heavy (non-hydrogen) atoms. The lowest BCUT2D eigenvalue weighted by Crippen LogP contribution is -2.50. The molecule has 0 bridgehead atoms. The second kappa shape index (κ2) is 7.54. The minimum absolute atomic E-state index is 0.0200. The van der Waals surface area contributed by atoms with Crippen LogP contribution in [0.25, 0.3) is 0 Å². The zero-order valence-corrected chi connectivity index (χ0v) is 13.8. The first-order valence-electron chi connectivity index (χ1n) is 7.38. The zero-order chi connectivity index (χ0) is 18.7. The van der Waals surface area contributed by atoms with E-state index in [2.05, 4.69) is 9.71 Å². The number of pyridine rings is 1. The molecule has 0 aromatic carbocycles. The molecule has 0 radical (unpaired) electrons. The van der Waals surface area contributed by atoms with Crippen LogP contribution in [0.2, 0.25) is 0 Å². The molecule has 2 heterocycles. The van der Waals surface area contributed by atoms with Crippen molar-refractivity contribution in [3.8, 4) is 0 Å². The number of H-pyrrole nitrogens is 1. The van der Waals surface area contributed by atoms with Gasteiger partial charge in [-0.15, -0.1) is 0 Å². The maximum Gasteiger partial charge on any atom is 0.402 e. The van der Waals surface area contributed by atoms with Gasteiger partial charge in [-0.2, -0.15) is 31.0 Å². The Labute approximate surface area is 141 Å². The van der Waals surface area contributed by atoms with Crippen LogP contribution in [0, 0.1) is 0 Å². The number of aromatic nitrogens is 1. The predicted octanol–water partition coefficient (Wildman–Crippen LogP) is -0.0342. The molecule has 1 aromatic rings. The quantitative estimate of drug-likeness (QED) is 0.664. The topological polar surface area (TPSA) is 111 Å². The first-order valence-corrected chi connectivity index (χ1v) is 8.86. The Morgan fingerprint density at radius 2 is 1.96 bits per heavy atom. The molecule has 12 heteroatoms. The van der Waals surface area contributed by atoms with Crippen LogP contribution in [0.5, 0.6) is 0 Å². The van der Waals surface area contributed by atoms with Gasteiger partial charge in [-0.25, -0.2) is 0 Å². The molecular formula is C13H17F3N4O4S. The van der Waals surface area contributed by atoms with Crippen molar-refractivity contribution in [3.63, 3.8) is 0 Å². The molecule has 3 N–H and O–H groups in total. The molecule has 1 aliphatic rings. The SMILES string of the molecule is O=C(c1ccc[nH]c1=O)N1CCC(NS(=O)(=O)NCC(F)(F)F)CC1. The average Bonchev–Trinajstić information content (AvgIpc) is 2.53. The van der Waals surface area contributed by atoms with Gasteiger partial charge in [-0.3, -0.25) is 9.59 Å². The smallest absolute Gasteiger partial charge is 0.338 e. The number of aromatic amines is 1. The number of piperidine rings is 1. The number of likely N-dealkylation sites (tertiary alicyclic amines) is 1. The highest BCUT2D eigenvalue weighted by Gasteiger charge is 2.31. The Morgan fingerprint density at radius 3 is 2.52 bits per heavy atom. The number of hydrogen-bond donors (Lipinski definition) is 3. The van der Waals surface area contributed by atoms with E-state index >= 15 is 0 Å². The largest absolute Gasteiger partial charge is 0.402 e. The summed E-state index contributed by atoms with van der Waals surface area (Å²) >= 11 is 0. The van der Waals surface area contributed by atoms with E-state index < -0.39 is 40.4 Å². The number of amides is 1. The van der Waals surface area contributed by atoms with E-state index in [-0.39, 0.29) is 31.5 Å². The molecule has 0 aliphatic carbocycles. The Bertz CT molecular complexity index is 770. The van der Waals surface area contributed by atoms with Gasteiger partial charge in [0.25, 0.3) is 21.7 Å². The fourth-order valence-corrected chi connectivity index (χ4v) is 3.51. The van der Waals surface area contributed by atoms with Crippen LogP contribution < -0.4 is 15.0 Å². The molecule has 2 rings (SSSR count). The monoisotopic (exact) mass is 382 g/mol. The van der Waals surface area contributed by atoms with Crippen molar-refractivity contribution in [1.82, 2.24) is 19.3 Å². The molecule has 8 nitrogen and oxygen atoms in total. The van der Waals surface area contributed by atoms with Crippen LogP contribution in [0.3, 0.4) is 0 Å². The molecule has 1 aromatic heterocycles. The number of hydrogen-bond acceptors (Lipinski definition) is 4. The second-order valence-electron chi connectivity index (χ2n) is 5.54. The lowest BCUT2D eigenvalue weighted by atomic mass is 10.1. The Kier molecular flexibility index (Phi) is 5.85. The first-order chi connectivity index (χ1) is 11.6. The van der Waals surface area contributed by atoms with Gasteiger partial charge in [0, 0.05) is 25.3 Å². The van der Waals surface area contributed by atoms with Crippen molar-refractivity contribution >= 4 is 16.1 Å². The average molecular weight is 382 g/mol. The van der Waals surface area contributed by atoms with E-state index in [0.29, 0.717) is 0 Å². The molecule has 0 saturated carbocycles. The van der Waals surface area contributed by atoms with Crippen molar-refractivity contribution < 1.29 is 26.4 Å². The number of rotatable bonds is 5. The van der Waals surface area contributed by atoms with Crippen molar-refractivity contribution in [3.05, 3.63) is 34.2 Å². The predicted molar refractivity (Wildman–Crippen MR) is 82.1 cm³/mol. The molecule has 140 valence electrons. The third kappa shape index (κ3) is 5.83. The Morgan fingerprint density at radius 1 is 1.32 bits per heavy atom. The first kappa shape index (κ1) is 19.4. The molecule has 0 atom stereocenters. The molecule has 0 unspecified atom stereocenters. The summed E-state index contributed by atoms with van der Waals surface area (Å²) in [5.74, 6) is -0.474. The summed E-state index contributed by atoms with van der Waals surface area (Å²) in [6.45, 7) is -1.30. The number of halogens is 3. The van der Waals surface area contributed by atoms with Crippen LogP contribution in [-0.4, -0.2) is 56.1 Å². The highest BCUT2D eigenvalue weighted by molar-refractivity contribution is 7.87. The van der Waals surface area contributed by atoms with Crippen molar-refractivity contribution in [1.29, 1.82) is 0 Å². The summed E-state index contributed by atoms with van der Waals surface area (Å²) in [7, 11) is -4.29. The normalized spacial score (nSPS) is 16.8. The third-order valence-electron chi connectivity index (χ3n) is 3.62. The number of carbonyl (C=O) groups is 1. The second-order valence-corrected chi connectivity index (χ2v) is 7.07. The molecular weight excluding hydrogens is 365 g/mol. The lowest BCUT2D eigenvalue weighted by molar-refractivity contribution is -0.121. The summed E-state index contributed by atoms with van der Waals surface area (Å²) < 4.78 is 62.9. The summed E-state index contributed by atoms with van der Waals surface area (Å²) in [4.78, 5) is 27.7. The summed E-state index contributed by atoms with van der Waals surface area (Å²) in [6, 6.07) is 2.31. The highest BCUT2D eigenvalue weighted by Crippen LogP contribution is 2.15. The van der Waals surface area contributed by atoms with Gasteiger partial charge in [0.15, 0.2) is 0 Å². The van der Waals surface area contributed by atoms with Gasteiger partial charge in [-0.05, 0) is 25.0 Å². The van der Waals surface area contributed by atoms with Crippen LogP contribution in [-0.2, 0) is 10.2 Å². The Balaban J connectivity index is 1.88. The number of alkyl halides is 3. The van der Waals surface area contributed by atoms with Crippen molar-refractivity contribution in [2.75, 3.05) is 19.6 Å². The van der Waals surface area contributed by atoms with E-state index in [0.717, 1.165) is 0 Å². The molecule has 1 saturated heterocycles. The van der Waals surface area contributed by atoms with E-state index in [1.807, 2.05) is 0 Å². The Hall–Kier alpha value is -1.92. The highest BCUT2D eigenvalue weighted by atomic mass is 32.2. The number of nitrogens with one attached hydrogen (secondary N) is 3. The fourth-order valence-electron chi connectivity index (χ4n) is 2.40. The molecule has 1 aliphatic heterocycles. The van der Waals surface area contributed by atoms with Gasteiger partial charge in [-0.1, -0.05) is 0 Å². The van der Waals surface area contributed by atoms with Gasteiger partial charge >= 0.3 is 6.18 Å². The fraction of sp³-hybridized carbons (Fsp3) is 0.538. The molecule has 0 spiro atoms. The van der Waals surface area contributed by atoms with Crippen LogP contribution in [0.1, 0.15) is 23.2 Å². The molecule has 1 fully saturated rings. The van der Waals surface area contributed by atoms with Crippen molar-refractivity contribution in [2.24, 2.45) is 0 Å². The van der Waals surface area contributed by atoms with Crippen LogP contribution in [0.15, 0.2) is 23.1 Å². The van der Waals surface area contributed by atoms with Gasteiger partial charge < -0.3 is 9.88 Å². The maximum atomic E-state index is 12.3. The summed E-state index contributed by atoms with van der Waals surface area (Å²) in [5.41, 5.74) is -0.542. The summed E-state index contributed by atoms with van der Waals surface area (Å²) in [5, 5.41) is 0. The van der Waals surface area contributed by atoms with E-state index in [9.17, 15) is 31.2 Å². The standard InChI is InChI=1S/C13H17F3N4O4S/c14-13(15,16)8-18-25(23,24)19-9-3-6-20(7-4-9)12(22)10-2-1-5-17-11(10)21/h1-2,5,9,18-19H,3-4,6-8H2,(H,17,21). The zero-order valence-electron chi connectivity index (χ0n) is 13.0. The number of carbonyl (C=O) groups excluding carboxylic acids is 1. The van der Waals surface area contributed by atoms with E-state index in [1.54, 1.807) is 0 Å².